The third kappa shape index (κ3) is 2.50. The van der Waals surface area contributed by atoms with Gasteiger partial charge in [0.2, 0.25) is 0 Å². The average Bonchev–Trinajstić information content (AvgIpc) is 2.66. The van der Waals surface area contributed by atoms with Crippen LogP contribution in [0.1, 0.15) is 50.6 Å². The van der Waals surface area contributed by atoms with Crippen molar-refractivity contribution in [3.8, 4) is 0 Å². The van der Waals surface area contributed by atoms with Gasteiger partial charge in [0, 0.05) is 18.4 Å². The molecule has 1 unspecified atom stereocenters. The second-order valence-electron chi connectivity index (χ2n) is 5.04. The highest BCUT2D eigenvalue weighted by molar-refractivity contribution is 5.16. The van der Waals surface area contributed by atoms with Crippen LogP contribution < -0.4 is 0 Å². The first-order chi connectivity index (χ1) is 8.17. The zero-order chi connectivity index (χ0) is 12.3. The second-order valence-corrected chi connectivity index (χ2v) is 5.04. The topological polar surface area (TPSA) is 36.4 Å². The van der Waals surface area contributed by atoms with Gasteiger partial charge >= 0.3 is 0 Å². The molecule has 17 heavy (non-hydrogen) atoms. The first kappa shape index (κ1) is 12.5. The van der Waals surface area contributed by atoms with Gasteiger partial charge < -0.3 is 5.11 Å². The average molecular weight is 234 g/mol. The largest absolute Gasteiger partial charge is 0.376 e. The molecule has 2 atom stereocenters. The molecule has 1 fully saturated rings. The van der Waals surface area contributed by atoms with Crippen LogP contribution in [0.5, 0.6) is 0 Å². The molecule has 0 saturated carbocycles. The number of nitrogens with zero attached hydrogens (tertiary/aromatic N) is 2. The predicted octanol–water partition coefficient (Wildman–Crippen LogP) is 2.73. The standard InChI is InChI=1S/C14H22N2O/c1-3-4-8-14(17)9-7-13(16(14)2)12-6-5-10-15-11-12/h5-6,10-11,13,17H,3-4,7-9H2,1-2H3/t13-,14?/m0/s1. The number of hydrogen-bond donors (Lipinski definition) is 1. The fourth-order valence-electron chi connectivity index (χ4n) is 2.75. The summed E-state index contributed by atoms with van der Waals surface area (Å²) in [6.07, 6.45) is 8.67. The molecule has 0 bridgehead atoms. The molecule has 2 heterocycles. The Bertz CT molecular complexity index is 354. The number of aromatic nitrogens is 1. The van der Waals surface area contributed by atoms with E-state index in [-0.39, 0.29) is 0 Å². The lowest BCUT2D eigenvalue weighted by atomic mass is 10.0. The highest BCUT2D eigenvalue weighted by Gasteiger charge is 2.42. The summed E-state index contributed by atoms with van der Waals surface area (Å²) in [6.45, 7) is 2.16. The van der Waals surface area contributed by atoms with Crippen LogP contribution >= 0.6 is 0 Å². The molecular formula is C14H22N2O. The van der Waals surface area contributed by atoms with E-state index in [1.165, 1.54) is 5.56 Å². The minimum Gasteiger partial charge on any atom is -0.376 e. The van der Waals surface area contributed by atoms with Crippen LogP contribution in [-0.4, -0.2) is 27.8 Å². The van der Waals surface area contributed by atoms with E-state index in [2.05, 4.69) is 22.9 Å². The Kier molecular flexibility index (Phi) is 3.79. The van der Waals surface area contributed by atoms with Crippen LogP contribution in [0, 0.1) is 0 Å². The molecule has 0 aliphatic carbocycles. The second kappa shape index (κ2) is 5.15. The van der Waals surface area contributed by atoms with Crippen molar-refractivity contribution in [1.29, 1.82) is 0 Å². The van der Waals surface area contributed by atoms with Crippen molar-refractivity contribution in [2.75, 3.05) is 7.05 Å². The minimum atomic E-state index is -0.615. The van der Waals surface area contributed by atoms with Crippen molar-refractivity contribution in [2.24, 2.45) is 0 Å². The molecule has 0 radical (unpaired) electrons. The summed E-state index contributed by atoms with van der Waals surface area (Å²) in [6, 6.07) is 4.37. The molecule has 1 N–H and O–H groups in total. The summed E-state index contributed by atoms with van der Waals surface area (Å²) in [4.78, 5) is 6.29. The molecule has 3 nitrogen and oxygen atoms in total. The van der Waals surface area contributed by atoms with Crippen LogP contribution in [0.3, 0.4) is 0 Å². The van der Waals surface area contributed by atoms with E-state index in [0.717, 1.165) is 32.1 Å². The van der Waals surface area contributed by atoms with Gasteiger partial charge in [0.15, 0.2) is 0 Å². The monoisotopic (exact) mass is 234 g/mol. The molecule has 3 heteroatoms. The van der Waals surface area contributed by atoms with Gasteiger partial charge in [-0.1, -0.05) is 19.4 Å². The third-order valence-corrected chi connectivity index (χ3v) is 3.94. The first-order valence-electron chi connectivity index (χ1n) is 6.52. The molecule has 1 aliphatic rings. The molecule has 2 rings (SSSR count). The SMILES string of the molecule is CCCCC1(O)CC[C@@H](c2cccnc2)N1C. The van der Waals surface area contributed by atoms with Crippen LogP contribution in [0.2, 0.25) is 0 Å². The van der Waals surface area contributed by atoms with Gasteiger partial charge in [0.1, 0.15) is 5.72 Å². The van der Waals surface area contributed by atoms with Crippen LogP contribution in [0.4, 0.5) is 0 Å². The fourth-order valence-corrected chi connectivity index (χ4v) is 2.75. The summed E-state index contributed by atoms with van der Waals surface area (Å²) < 4.78 is 0. The molecular weight excluding hydrogens is 212 g/mol. The molecule has 0 amide bonds. The Labute approximate surface area is 103 Å². The lowest BCUT2D eigenvalue weighted by molar-refractivity contribution is -0.0879. The van der Waals surface area contributed by atoms with Gasteiger partial charge in [-0.05, 0) is 44.4 Å². The van der Waals surface area contributed by atoms with Gasteiger partial charge in [-0.3, -0.25) is 9.88 Å². The Morgan fingerprint density at radius 2 is 2.41 bits per heavy atom. The van der Waals surface area contributed by atoms with E-state index >= 15 is 0 Å². The highest BCUT2D eigenvalue weighted by Crippen LogP contribution is 2.41. The molecule has 94 valence electrons. The fraction of sp³-hybridized carbons (Fsp3) is 0.643. The Hall–Kier alpha value is -0.930. The summed E-state index contributed by atoms with van der Waals surface area (Å²) in [5.41, 5.74) is 0.596. The number of aliphatic hydroxyl groups is 1. The maximum atomic E-state index is 10.6. The van der Waals surface area contributed by atoms with Crippen LogP contribution in [-0.2, 0) is 0 Å². The van der Waals surface area contributed by atoms with Gasteiger partial charge in [0.25, 0.3) is 0 Å². The molecule has 0 aromatic carbocycles. The molecule has 1 aromatic rings. The number of unbranched alkanes of at least 4 members (excludes halogenated alkanes) is 1. The molecule has 1 saturated heterocycles. The lowest BCUT2D eigenvalue weighted by Gasteiger charge is -2.34. The first-order valence-corrected chi connectivity index (χ1v) is 6.52. The van der Waals surface area contributed by atoms with Crippen LogP contribution in [0.25, 0.3) is 0 Å². The number of rotatable bonds is 4. The van der Waals surface area contributed by atoms with E-state index < -0.39 is 5.72 Å². The summed E-state index contributed by atoms with van der Waals surface area (Å²) in [5.74, 6) is 0. The Morgan fingerprint density at radius 3 is 3.06 bits per heavy atom. The summed E-state index contributed by atoms with van der Waals surface area (Å²) in [5, 5.41) is 10.6. The summed E-state index contributed by atoms with van der Waals surface area (Å²) in [7, 11) is 2.03. The number of likely N-dealkylation sites (tertiary alicyclic amines) is 1. The van der Waals surface area contributed by atoms with Crippen LogP contribution in [0.15, 0.2) is 24.5 Å². The van der Waals surface area contributed by atoms with E-state index in [4.69, 9.17) is 0 Å². The van der Waals surface area contributed by atoms with Crippen molar-refractivity contribution >= 4 is 0 Å². The van der Waals surface area contributed by atoms with Crippen molar-refractivity contribution in [2.45, 2.75) is 50.8 Å². The normalized spacial score (nSPS) is 29.7. The molecule has 1 aliphatic heterocycles. The van der Waals surface area contributed by atoms with E-state index in [1.54, 1.807) is 6.20 Å². The molecule has 0 spiro atoms. The predicted molar refractivity (Wildman–Crippen MR) is 68.4 cm³/mol. The van der Waals surface area contributed by atoms with E-state index in [1.807, 2.05) is 19.3 Å². The third-order valence-electron chi connectivity index (χ3n) is 3.94. The maximum Gasteiger partial charge on any atom is 0.118 e. The van der Waals surface area contributed by atoms with Gasteiger partial charge in [0.05, 0.1) is 0 Å². The maximum absolute atomic E-state index is 10.6. The minimum absolute atomic E-state index is 0.311. The van der Waals surface area contributed by atoms with Gasteiger partial charge in [-0.25, -0.2) is 0 Å². The van der Waals surface area contributed by atoms with E-state index in [9.17, 15) is 5.11 Å². The highest BCUT2D eigenvalue weighted by atomic mass is 16.3. The lowest BCUT2D eigenvalue weighted by Crippen LogP contribution is -2.41. The van der Waals surface area contributed by atoms with Crippen molar-refractivity contribution in [3.63, 3.8) is 0 Å². The molecule has 1 aromatic heterocycles. The Morgan fingerprint density at radius 1 is 1.59 bits per heavy atom. The number of pyridine rings is 1. The van der Waals surface area contributed by atoms with E-state index in [0.29, 0.717) is 6.04 Å². The zero-order valence-electron chi connectivity index (χ0n) is 10.8. The summed E-state index contributed by atoms with van der Waals surface area (Å²) >= 11 is 0. The van der Waals surface area contributed by atoms with Crippen molar-refractivity contribution in [3.05, 3.63) is 30.1 Å². The van der Waals surface area contributed by atoms with Crippen molar-refractivity contribution in [1.82, 2.24) is 9.88 Å². The quantitative estimate of drug-likeness (QED) is 0.870. The van der Waals surface area contributed by atoms with Gasteiger partial charge in [-0.2, -0.15) is 0 Å². The number of hydrogen-bond acceptors (Lipinski definition) is 3. The Balaban J connectivity index is 2.09. The smallest absolute Gasteiger partial charge is 0.118 e. The van der Waals surface area contributed by atoms with Crippen molar-refractivity contribution < 1.29 is 5.11 Å². The zero-order valence-corrected chi connectivity index (χ0v) is 10.8. The van der Waals surface area contributed by atoms with Gasteiger partial charge in [-0.15, -0.1) is 0 Å².